The Morgan fingerprint density at radius 3 is 2.55 bits per heavy atom. The Balaban J connectivity index is 2.80. The van der Waals surface area contributed by atoms with E-state index in [9.17, 15) is 13.2 Å². The highest BCUT2D eigenvalue weighted by Crippen LogP contribution is 2.17. The lowest BCUT2D eigenvalue weighted by Gasteiger charge is -2.16. The molecule has 0 spiro atoms. The Hall–Kier alpha value is -0.420. The van der Waals surface area contributed by atoms with E-state index in [1.165, 1.54) is 4.31 Å². The number of nitrogens with zero attached hydrogens (tertiary/aromatic N) is 1. The van der Waals surface area contributed by atoms with Gasteiger partial charge in [0.05, 0.1) is 12.3 Å². The summed E-state index contributed by atoms with van der Waals surface area (Å²) in [5, 5.41) is 0. The fourth-order valence-corrected chi connectivity index (χ4v) is 2.42. The van der Waals surface area contributed by atoms with Crippen LogP contribution >= 0.6 is 0 Å². The third-order valence-corrected chi connectivity index (χ3v) is 3.14. The van der Waals surface area contributed by atoms with E-state index in [4.69, 9.17) is 0 Å². The van der Waals surface area contributed by atoms with Gasteiger partial charge >= 0.3 is 0 Å². The molecule has 0 amide bonds. The van der Waals surface area contributed by atoms with Crippen molar-refractivity contribution >= 4 is 16.3 Å². The van der Waals surface area contributed by atoms with Crippen LogP contribution in [0.5, 0.6) is 0 Å². The zero-order valence-electron chi connectivity index (χ0n) is 6.36. The highest BCUT2D eigenvalue weighted by Gasteiger charge is 2.30. The van der Waals surface area contributed by atoms with E-state index in [-0.39, 0.29) is 0 Å². The van der Waals surface area contributed by atoms with Crippen molar-refractivity contribution in [1.29, 1.82) is 0 Å². The largest absolute Gasteiger partial charge is 0.302 e. The third-order valence-electron chi connectivity index (χ3n) is 1.83. The normalized spacial score (nSPS) is 27.2. The molecule has 1 atom stereocenters. The van der Waals surface area contributed by atoms with Crippen molar-refractivity contribution in [2.45, 2.75) is 18.9 Å². The van der Waals surface area contributed by atoms with Crippen molar-refractivity contribution in [2.75, 3.05) is 12.8 Å². The molecule has 0 N–H and O–H groups in total. The quantitative estimate of drug-likeness (QED) is 0.540. The van der Waals surface area contributed by atoms with E-state index >= 15 is 0 Å². The fraction of sp³-hybridized carbons (Fsp3) is 0.833. The first-order valence-corrected chi connectivity index (χ1v) is 5.32. The summed E-state index contributed by atoms with van der Waals surface area (Å²) in [7, 11) is -3.16. The minimum absolute atomic E-state index is 0.412. The molecule has 1 heterocycles. The molecule has 11 heavy (non-hydrogen) atoms. The van der Waals surface area contributed by atoms with Gasteiger partial charge in [0, 0.05) is 6.54 Å². The molecule has 1 fully saturated rings. The summed E-state index contributed by atoms with van der Waals surface area (Å²) in [6.07, 6.45) is 3.29. The molecule has 1 aliphatic rings. The van der Waals surface area contributed by atoms with Crippen LogP contribution in [0.4, 0.5) is 0 Å². The van der Waals surface area contributed by atoms with E-state index in [1.807, 2.05) is 0 Å². The van der Waals surface area contributed by atoms with Crippen LogP contribution in [0.15, 0.2) is 0 Å². The van der Waals surface area contributed by atoms with Crippen LogP contribution in [0.2, 0.25) is 0 Å². The molecule has 1 rings (SSSR count). The van der Waals surface area contributed by atoms with Crippen LogP contribution < -0.4 is 0 Å². The van der Waals surface area contributed by atoms with Crippen molar-refractivity contribution in [3.8, 4) is 0 Å². The van der Waals surface area contributed by atoms with Crippen LogP contribution in [0.25, 0.3) is 0 Å². The Bertz CT molecular complexity index is 247. The van der Waals surface area contributed by atoms with Gasteiger partial charge in [-0.3, -0.25) is 0 Å². The Kier molecular flexibility index (Phi) is 2.29. The summed E-state index contributed by atoms with van der Waals surface area (Å²) in [6, 6.07) is -0.412. The number of sulfonamides is 1. The van der Waals surface area contributed by atoms with E-state index < -0.39 is 16.1 Å². The smallest absolute Gasteiger partial charge is 0.211 e. The van der Waals surface area contributed by atoms with E-state index in [0.717, 1.165) is 12.7 Å². The molecule has 0 aliphatic carbocycles. The molecule has 4 nitrogen and oxygen atoms in total. The molecule has 0 aromatic carbocycles. The van der Waals surface area contributed by atoms with Gasteiger partial charge in [-0.25, -0.2) is 8.42 Å². The standard InChI is InChI=1S/C6H11NO3S/c1-11(9,10)7-4-2-3-6(7)5-8/h5-6H,2-4H2,1H3/t6-/m1/s1. The Morgan fingerprint density at radius 1 is 1.55 bits per heavy atom. The maximum absolute atomic E-state index is 11.0. The topological polar surface area (TPSA) is 54.5 Å². The first kappa shape index (κ1) is 8.67. The molecule has 0 saturated carbocycles. The van der Waals surface area contributed by atoms with Crippen molar-refractivity contribution in [2.24, 2.45) is 0 Å². The fourth-order valence-electron chi connectivity index (χ4n) is 1.31. The predicted molar refractivity (Wildman–Crippen MR) is 40.6 cm³/mol. The Morgan fingerprint density at radius 2 is 2.18 bits per heavy atom. The lowest BCUT2D eigenvalue weighted by atomic mass is 10.2. The van der Waals surface area contributed by atoms with Gasteiger partial charge in [0.1, 0.15) is 6.29 Å². The molecule has 0 aromatic rings. The van der Waals surface area contributed by atoms with Gasteiger partial charge in [0.15, 0.2) is 0 Å². The zero-order chi connectivity index (χ0) is 8.48. The number of rotatable bonds is 2. The van der Waals surface area contributed by atoms with E-state index in [2.05, 4.69) is 0 Å². The first-order valence-electron chi connectivity index (χ1n) is 3.48. The third kappa shape index (κ3) is 1.78. The second-order valence-electron chi connectivity index (χ2n) is 2.72. The van der Waals surface area contributed by atoms with Gasteiger partial charge in [-0.05, 0) is 12.8 Å². The summed E-state index contributed by atoms with van der Waals surface area (Å²) in [4.78, 5) is 10.4. The average molecular weight is 177 g/mol. The molecular formula is C6H11NO3S. The second kappa shape index (κ2) is 2.91. The summed E-state index contributed by atoms with van der Waals surface area (Å²) >= 11 is 0. The van der Waals surface area contributed by atoms with Crippen LogP contribution in [-0.2, 0) is 14.8 Å². The van der Waals surface area contributed by atoms with Gasteiger partial charge in [-0.1, -0.05) is 0 Å². The van der Waals surface area contributed by atoms with Crippen molar-refractivity contribution in [3.63, 3.8) is 0 Å². The van der Waals surface area contributed by atoms with Gasteiger partial charge < -0.3 is 4.79 Å². The lowest BCUT2D eigenvalue weighted by Crippen LogP contribution is -2.35. The SMILES string of the molecule is CS(=O)(=O)N1CCC[C@@H]1C=O. The maximum atomic E-state index is 11.0. The number of carbonyl (C=O) groups is 1. The van der Waals surface area contributed by atoms with Crippen LogP contribution in [0.1, 0.15) is 12.8 Å². The minimum atomic E-state index is -3.16. The Labute approximate surface area is 66.2 Å². The predicted octanol–water partition coefficient (Wildman–Crippen LogP) is -0.391. The second-order valence-corrected chi connectivity index (χ2v) is 4.65. The molecule has 0 bridgehead atoms. The van der Waals surface area contributed by atoms with Crippen LogP contribution in [-0.4, -0.2) is 37.9 Å². The number of aldehydes is 1. The number of carbonyl (C=O) groups excluding carboxylic acids is 1. The van der Waals surface area contributed by atoms with E-state index in [0.29, 0.717) is 19.3 Å². The van der Waals surface area contributed by atoms with Crippen molar-refractivity contribution in [1.82, 2.24) is 4.31 Å². The minimum Gasteiger partial charge on any atom is -0.302 e. The first-order chi connectivity index (χ1) is 5.05. The number of hydrogen-bond donors (Lipinski definition) is 0. The van der Waals surface area contributed by atoms with Crippen molar-refractivity contribution in [3.05, 3.63) is 0 Å². The highest BCUT2D eigenvalue weighted by molar-refractivity contribution is 7.88. The summed E-state index contributed by atoms with van der Waals surface area (Å²) in [5.41, 5.74) is 0. The van der Waals surface area contributed by atoms with Crippen LogP contribution in [0.3, 0.4) is 0 Å². The molecule has 5 heteroatoms. The molecular weight excluding hydrogens is 166 g/mol. The molecule has 0 aromatic heterocycles. The summed E-state index contributed by atoms with van der Waals surface area (Å²) in [5.74, 6) is 0. The molecule has 0 unspecified atom stereocenters. The molecule has 0 radical (unpaired) electrons. The summed E-state index contributed by atoms with van der Waals surface area (Å²) < 4.78 is 23.2. The zero-order valence-corrected chi connectivity index (χ0v) is 7.17. The molecule has 1 saturated heterocycles. The highest BCUT2D eigenvalue weighted by atomic mass is 32.2. The van der Waals surface area contributed by atoms with Crippen molar-refractivity contribution < 1.29 is 13.2 Å². The molecule has 64 valence electrons. The average Bonchev–Trinajstić information content (AvgIpc) is 2.31. The van der Waals surface area contributed by atoms with Crippen LogP contribution in [0, 0.1) is 0 Å². The maximum Gasteiger partial charge on any atom is 0.211 e. The van der Waals surface area contributed by atoms with Gasteiger partial charge in [0.25, 0.3) is 0 Å². The van der Waals surface area contributed by atoms with Gasteiger partial charge in [-0.15, -0.1) is 0 Å². The molecule has 1 aliphatic heterocycles. The summed E-state index contributed by atoms with van der Waals surface area (Å²) in [6.45, 7) is 0.488. The lowest BCUT2D eigenvalue weighted by molar-refractivity contribution is -0.110. The van der Waals surface area contributed by atoms with Gasteiger partial charge in [0.2, 0.25) is 10.0 Å². The van der Waals surface area contributed by atoms with Gasteiger partial charge in [-0.2, -0.15) is 4.31 Å². The monoisotopic (exact) mass is 177 g/mol. The number of hydrogen-bond acceptors (Lipinski definition) is 3. The van der Waals surface area contributed by atoms with E-state index in [1.54, 1.807) is 0 Å².